The Hall–Kier alpha value is -5.02. The summed E-state index contributed by atoms with van der Waals surface area (Å²) in [6.07, 6.45) is -7.41. The van der Waals surface area contributed by atoms with E-state index in [0.29, 0.717) is 28.6 Å². The molecule has 4 aromatic rings. The summed E-state index contributed by atoms with van der Waals surface area (Å²) >= 11 is 0. The van der Waals surface area contributed by atoms with Crippen molar-refractivity contribution in [2.45, 2.75) is 49.1 Å². The molecule has 252 valence electrons. The highest BCUT2D eigenvalue weighted by molar-refractivity contribution is 5.97. The average molecular weight is 664 g/mol. The Bertz CT molecular complexity index is 1870. The first-order valence-electron chi connectivity index (χ1n) is 15.2. The van der Waals surface area contributed by atoms with E-state index in [2.05, 4.69) is 4.98 Å². The lowest BCUT2D eigenvalue weighted by molar-refractivity contribution is -0.278. The predicted molar refractivity (Wildman–Crippen MR) is 165 cm³/mol. The van der Waals surface area contributed by atoms with Crippen molar-refractivity contribution < 1.29 is 63.2 Å². The molecule has 3 aromatic carbocycles. The van der Waals surface area contributed by atoms with Crippen molar-refractivity contribution in [1.29, 1.82) is 0 Å². The van der Waals surface area contributed by atoms with Crippen LogP contribution in [0, 0.1) is 0 Å². The maximum absolute atomic E-state index is 11.8. The van der Waals surface area contributed by atoms with Crippen LogP contribution < -0.4 is 23.7 Å². The number of hydrogen-bond acceptors (Lipinski definition) is 12. The lowest BCUT2D eigenvalue weighted by Gasteiger charge is -2.40. The molecule has 1 fully saturated rings. The summed E-state index contributed by atoms with van der Waals surface area (Å²) in [4.78, 5) is 25.9. The van der Waals surface area contributed by atoms with Crippen molar-refractivity contribution in [3.63, 3.8) is 0 Å². The van der Waals surface area contributed by atoms with Crippen LogP contribution >= 0.6 is 0 Å². The van der Waals surface area contributed by atoms with Crippen molar-refractivity contribution in [3.05, 3.63) is 65.9 Å². The number of carbonyl (C=O) groups is 2. The summed E-state index contributed by atoms with van der Waals surface area (Å²) in [5.41, 5.74) is 4.09. The number of aromatic amines is 1. The largest absolute Gasteiger partial charge is 0.493 e. The first-order valence-corrected chi connectivity index (χ1v) is 15.2. The summed E-state index contributed by atoms with van der Waals surface area (Å²) in [7, 11) is 3.11. The molecule has 0 amide bonds. The second kappa shape index (κ2) is 12.5. The summed E-state index contributed by atoms with van der Waals surface area (Å²) in [6.45, 7) is -0.311. The van der Waals surface area contributed by atoms with Crippen LogP contribution in [0.3, 0.4) is 0 Å². The lowest BCUT2D eigenvalue weighted by Crippen LogP contribution is -2.60. The van der Waals surface area contributed by atoms with Gasteiger partial charge >= 0.3 is 11.9 Å². The third kappa shape index (κ3) is 5.42. The van der Waals surface area contributed by atoms with Gasteiger partial charge in [-0.2, -0.15) is 0 Å². The minimum Gasteiger partial charge on any atom is -0.493 e. The summed E-state index contributed by atoms with van der Waals surface area (Å²) in [5, 5.41) is 41.6. The number of carboxylic acids is 1. The number of para-hydroxylation sites is 1. The Kier molecular flexibility index (Phi) is 8.25. The van der Waals surface area contributed by atoms with Gasteiger partial charge in [-0.05, 0) is 23.8 Å². The Morgan fingerprint density at radius 2 is 1.79 bits per heavy atom. The van der Waals surface area contributed by atoms with Crippen molar-refractivity contribution >= 4 is 22.8 Å². The Labute approximate surface area is 273 Å². The zero-order chi connectivity index (χ0) is 33.7. The van der Waals surface area contributed by atoms with Crippen LogP contribution in [0.5, 0.6) is 28.7 Å². The van der Waals surface area contributed by atoms with Gasteiger partial charge < -0.3 is 58.6 Å². The quantitative estimate of drug-likeness (QED) is 0.130. The van der Waals surface area contributed by atoms with Crippen molar-refractivity contribution in [2.75, 3.05) is 27.4 Å². The molecule has 1 saturated heterocycles. The second-order valence-corrected chi connectivity index (χ2v) is 11.7. The van der Waals surface area contributed by atoms with Crippen LogP contribution in [-0.4, -0.2) is 95.5 Å². The molecule has 1 aromatic heterocycles. The highest BCUT2D eigenvalue weighted by Gasteiger charge is 2.47. The van der Waals surface area contributed by atoms with E-state index in [1.165, 1.54) is 0 Å². The number of aliphatic hydroxyl groups excluding tert-OH is 3. The molecule has 7 unspecified atom stereocenters. The van der Waals surface area contributed by atoms with Gasteiger partial charge in [-0.25, -0.2) is 0 Å². The number of nitrogens with one attached hydrogen (secondary N) is 1. The fourth-order valence-corrected chi connectivity index (χ4v) is 6.55. The van der Waals surface area contributed by atoms with Crippen LogP contribution in [0.25, 0.3) is 22.0 Å². The Morgan fingerprint density at radius 3 is 2.56 bits per heavy atom. The van der Waals surface area contributed by atoms with E-state index in [9.17, 15) is 24.9 Å². The SMILES string of the molecule is COc1ccc2c(c1OC)OC1c3c(cc(OC4OC(COC(=O)CC(=O)O)C(O)C(O)C4O)cc3-c3c[nH]c4ccccc34)OCC21. The first-order chi connectivity index (χ1) is 23.2. The van der Waals surface area contributed by atoms with Crippen LogP contribution in [0.4, 0.5) is 0 Å². The number of ether oxygens (including phenoxy) is 7. The van der Waals surface area contributed by atoms with Gasteiger partial charge in [0, 0.05) is 39.9 Å². The minimum atomic E-state index is -1.73. The van der Waals surface area contributed by atoms with E-state index in [1.54, 1.807) is 26.4 Å². The number of H-pyrrole nitrogens is 1. The van der Waals surface area contributed by atoms with Gasteiger partial charge in [-0.3, -0.25) is 9.59 Å². The first kappa shape index (κ1) is 31.6. The zero-order valence-electron chi connectivity index (χ0n) is 25.8. The number of aromatic nitrogens is 1. The predicted octanol–water partition coefficient (Wildman–Crippen LogP) is 2.67. The van der Waals surface area contributed by atoms with E-state index < -0.39 is 61.8 Å². The van der Waals surface area contributed by atoms with E-state index >= 15 is 0 Å². The number of fused-ring (bicyclic) bond motifs is 6. The molecule has 4 heterocycles. The topological polar surface area (TPSA) is 195 Å². The molecule has 14 nitrogen and oxygen atoms in total. The molecular weight excluding hydrogens is 630 g/mol. The summed E-state index contributed by atoms with van der Waals surface area (Å²) in [5.74, 6) is -0.384. The molecule has 0 saturated carbocycles. The van der Waals surface area contributed by atoms with Crippen molar-refractivity contribution in [3.8, 4) is 39.9 Å². The Balaban J connectivity index is 1.25. The molecule has 7 rings (SSSR count). The fourth-order valence-electron chi connectivity index (χ4n) is 6.55. The third-order valence-electron chi connectivity index (χ3n) is 8.86. The molecule has 0 bridgehead atoms. The molecular formula is C34H33NO13. The van der Waals surface area contributed by atoms with Gasteiger partial charge in [0.1, 0.15) is 55.0 Å². The maximum atomic E-state index is 11.8. The number of aliphatic hydroxyl groups is 3. The van der Waals surface area contributed by atoms with Gasteiger partial charge in [0.25, 0.3) is 0 Å². The molecule has 3 aliphatic heterocycles. The number of carboxylic acid groups (broad SMARTS) is 1. The Morgan fingerprint density at radius 1 is 0.979 bits per heavy atom. The molecule has 48 heavy (non-hydrogen) atoms. The molecule has 14 heteroatoms. The maximum Gasteiger partial charge on any atom is 0.317 e. The molecule has 3 aliphatic rings. The van der Waals surface area contributed by atoms with Crippen molar-refractivity contribution in [2.24, 2.45) is 0 Å². The highest BCUT2D eigenvalue weighted by atomic mass is 16.7. The van der Waals surface area contributed by atoms with Crippen LogP contribution in [0.2, 0.25) is 0 Å². The number of methoxy groups -OCH3 is 2. The molecule has 0 aliphatic carbocycles. The second-order valence-electron chi connectivity index (χ2n) is 11.7. The lowest BCUT2D eigenvalue weighted by atomic mass is 9.85. The van der Waals surface area contributed by atoms with Gasteiger partial charge in [0.2, 0.25) is 12.0 Å². The van der Waals surface area contributed by atoms with Gasteiger partial charge in [-0.1, -0.05) is 24.3 Å². The molecule has 0 radical (unpaired) electrons. The number of carbonyl (C=O) groups excluding carboxylic acids is 1. The number of aliphatic carboxylic acids is 1. The average Bonchev–Trinajstić information content (AvgIpc) is 3.68. The van der Waals surface area contributed by atoms with Gasteiger partial charge in [-0.15, -0.1) is 0 Å². The molecule has 5 N–H and O–H groups in total. The number of esters is 1. The zero-order valence-corrected chi connectivity index (χ0v) is 25.8. The van der Waals surface area contributed by atoms with E-state index in [-0.39, 0.29) is 18.3 Å². The smallest absolute Gasteiger partial charge is 0.317 e. The highest BCUT2D eigenvalue weighted by Crippen LogP contribution is 2.58. The molecule has 0 spiro atoms. The van der Waals surface area contributed by atoms with E-state index in [4.69, 9.17) is 38.3 Å². The third-order valence-corrected chi connectivity index (χ3v) is 8.86. The van der Waals surface area contributed by atoms with Crippen molar-refractivity contribution in [1.82, 2.24) is 4.98 Å². The number of benzene rings is 3. The van der Waals surface area contributed by atoms with Gasteiger partial charge in [0.05, 0.1) is 26.7 Å². The normalized spacial score (nSPS) is 25.6. The van der Waals surface area contributed by atoms with Crippen LogP contribution in [0.1, 0.15) is 29.6 Å². The standard InChI is InChI=1S/C34H33NO13/c1-42-22-8-7-17-20-13-44-23-10-15(46-34-30(41)29(40)28(39)24(47-34)14-45-26(38)11-25(36)37)9-18(19-12-35-21-6-4-3-5-16(19)21)27(23)31(20)48-32(17)33(22)43-2/h3-10,12,20,24,28-31,34-35,39-41H,11,13-14H2,1-2H3,(H,36,37). The number of rotatable bonds is 9. The monoisotopic (exact) mass is 663 g/mol. The summed E-state index contributed by atoms with van der Waals surface area (Å²) < 4.78 is 40.9. The fraction of sp³-hybridized carbons (Fsp3) is 0.353. The number of hydrogen-bond donors (Lipinski definition) is 5. The van der Waals surface area contributed by atoms with Crippen LogP contribution in [-0.2, 0) is 19.1 Å². The molecule has 7 atom stereocenters. The van der Waals surface area contributed by atoms with E-state index in [1.807, 2.05) is 42.6 Å². The minimum absolute atomic E-state index is 0.173. The van der Waals surface area contributed by atoms with Crippen LogP contribution in [0.15, 0.2) is 54.7 Å². The summed E-state index contributed by atoms with van der Waals surface area (Å²) in [6, 6.07) is 14.9. The van der Waals surface area contributed by atoms with E-state index in [0.717, 1.165) is 27.6 Å². The van der Waals surface area contributed by atoms with Gasteiger partial charge in [0.15, 0.2) is 11.5 Å².